The number of nitrogens with zero attached hydrogens (tertiary/aromatic N) is 3. The van der Waals surface area contributed by atoms with Gasteiger partial charge in [-0.2, -0.15) is 9.78 Å². The van der Waals surface area contributed by atoms with Crippen molar-refractivity contribution in [2.24, 2.45) is 0 Å². The Morgan fingerprint density at radius 3 is 2.40 bits per heavy atom. The summed E-state index contributed by atoms with van der Waals surface area (Å²) >= 11 is 7.52. The quantitative estimate of drug-likeness (QED) is 0.308. The second kappa shape index (κ2) is 10.1. The van der Waals surface area contributed by atoms with Gasteiger partial charge in [0, 0.05) is 22.7 Å². The molecule has 3 heterocycles. The normalized spacial score (nSPS) is 10.9. The van der Waals surface area contributed by atoms with E-state index in [-0.39, 0.29) is 11.5 Å². The van der Waals surface area contributed by atoms with E-state index in [4.69, 9.17) is 11.6 Å². The average molecular weight is 501 g/mol. The topological polar surface area (TPSA) is 68.9 Å². The average Bonchev–Trinajstić information content (AvgIpc) is 3.50. The molecule has 174 valence electrons. The fraction of sp³-hybridized carbons (Fsp3) is 0.0741. The summed E-state index contributed by atoms with van der Waals surface area (Å²) in [6.07, 6.45) is 1.75. The Hall–Kier alpha value is -3.94. The monoisotopic (exact) mass is 500 g/mol. The molecular formula is C27H21ClN4O2S. The second-order valence-electron chi connectivity index (χ2n) is 7.90. The van der Waals surface area contributed by atoms with E-state index in [2.05, 4.69) is 10.4 Å². The van der Waals surface area contributed by atoms with E-state index in [1.54, 1.807) is 47.2 Å². The van der Waals surface area contributed by atoms with E-state index in [0.29, 0.717) is 40.1 Å². The number of hydrogen-bond acceptors (Lipinski definition) is 5. The number of aromatic nitrogens is 3. The Bertz CT molecular complexity index is 1520. The predicted molar refractivity (Wildman–Crippen MR) is 140 cm³/mol. The van der Waals surface area contributed by atoms with Gasteiger partial charge in [-0.15, -0.1) is 11.3 Å². The van der Waals surface area contributed by atoms with Gasteiger partial charge in [0.25, 0.3) is 11.5 Å². The summed E-state index contributed by atoms with van der Waals surface area (Å²) < 4.78 is 3.65. The van der Waals surface area contributed by atoms with Crippen molar-refractivity contribution in [3.8, 4) is 11.3 Å². The number of nitrogens with one attached hydrogen (secondary N) is 1. The summed E-state index contributed by atoms with van der Waals surface area (Å²) in [6, 6.07) is 27.8. The van der Waals surface area contributed by atoms with E-state index in [9.17, 15) is 9.59 Å². The zero-order valence-corrected chi connectivity index (χ0v) is 20.2. The van der Waals surface area contributed by atoms with Crippen LogP contribution in [0.5, 0.6) is 0 Å². The third-order valence-electron chi connectivity index (χ3n) is 5.49. The number of rotatable bonds is 7. The van der Waals surface area contributed by atoms with Gasteiger partial charge >= 0.3 is 0 Å². The molecule has 8 heteroatoms. The lowest BCUT2D eigenvalue weighted by Crippen LogP contribution is -2.22. The van der Waals surface area contributed by atoms with Crippen molar-refractivity contribution in [3.63, 3.8) is 0 Å². The van der Waals surface area contributed by atoms with Crippen LogP contribution in [-0.2, 0) is 13.1 Å². The van der Waals surface area contributed by atoms with Gasteiger partial charge in [-0.05, 0) is 42.0 Å². The Morgan fingerprint density at radius 2 is 1.69 bits per heavy atom. The molecule has 5 rings (SSSR count). The van der Waals surface area contributed by atoms with E-state index < -0.39 is 0 Å². The number of benzene rings is 2. The van der Waals surface area contributed by atoms with Crippen molar-refractivity contribution in [3.05, 3.63) is 128 Å². The fourth-order valence-corrected chi connectivity index (χ4v) is 4.78. The highest BCUT2D eigenvalue weighted by Crippen LogP contribution is 2.25. The lowest BCUT2D eigenvalue weighted by molar-refractivity contribution is 0.0948. The van der Waals surface area contributed by atoms with Gasteiger partial charge in [-0.1, -0.05) is 60.1 Å². The molecule has 35 heavy (non-hydrogen) atoms. The third-order valence-corrected chi connectivity index (χ3v) is 6.72. The van der Waals surface area contributed by atoms with Crippen molar-refractivity contribution in [1.29, 1.82) is 0 Å². The summed E-state index contributed by atoms with van der Waals surface area (Å²) in [5.41, 5.74) is 2.19. The SMILES string of the molecule is O=C(c1ccccc1)n1nc(-c2cccn(Cc3ccccc3)c2=O)cc1NCc1ccc(Cl)s1. The number of hydrogen-bond donors (Lipinski definition) is 1. The van der Waals surface area contributed by atoms with Gasteiger partial charge in [0.1, 0.15) is 11.5 Å². The molecule has 0 spiro atoms. The molecule has 0 saturated heterocycles. The number of anilines is 1. The van der Waals surface area contributed by atoms with E-state index in [1.807, 2.05) is 54.6 Å². The maximum Gasteiger partial charge on any atom is 0.280 e. The van der Waals surface area contributed by atoms with Crippen molar-refractivity contribution in [1.82, 2.24) is 14.3 Å². The number of carbonyl (C=O) groups excluding carboxylic acids is 1. The largest absolute Gasteiger partial charge is 0.365 e. The number of carbonyl (C=O) groups is 1. The highest BCUT2D eigenvalue weighted by molar-refractivity contribution is 7.16. The molecule has 0 aliphatic heterocycles. The number of halogens is 1. The molecule has 3 aromatic heterocycles. The highest BCUT2D eigenvalue weighted by Gasteiger charge is 2.19. The zero-order valence-electron chi connectivity index (χ0n) is 18.6. The van der Waals surface area contributed by atoms with Crippen molar-refractivity contribution >= 4 is 34.7 Å². The van der Waals surface area contributed by atoms with Crippen LogP contribution in [0.3, 0.4) is 0 Å². The van der Waals surface area contributed by atoms with Crippen LogP contribution in [0.4, 0.5) is 5.82 Å². The van der Waals surface area contributed by atoms with Crippen LogP contribution in [0, 0.1) is 0 Å². The minimum absolute atomic E-state index is 0.176. The summed E-state index contributed by atoms with van der Waals surface area (Å²) in [5.74, 6) is 0.209. The van der Waals surface area contributed by atoms with Gasteiger partial charge in [-0.3, -0.25) is 9.59 Å². The minimum Gasteiger partial charge on any atom is -0.365 e. The van der Waals surface area contributed by atoms with Crippen LogP contribution < -0.4 is 10.9 Å². The van der Waals surface area contributed by atoms with Gasteiger partial charge in [0.2, 0.25) is 0 Å². The highest BCUT2D eigenvalue weighted by atomic mass is 35.5. The summed E-state index contributed by atoms with van der Waals surface area (Å²) in [4.78, 5) is 27.6. The smallest absolute Gasteiger partial charge is 0.280 e. The van der Waals surface area contributed by atoms with Crippen molar-refractivity contribution in [2.75, 3.05) is 5.32 Å². The molecule has 0 saturated carbocycles. The van der Waals surface area contributed by atoms with E-state index in [0.717, 1.165) is 10.4 Å². The number of pyridine rings is 1. The third kappa shape index (κ3) is 5.11. The summed E-state index contributed by atoms with van der Waals surface area (Å²) in [7, 11) is 0. The molecule has 0 amide bonds. The maximum absolute atomic E-state index is 13.3. The standard InChI is InChI=1S/C27H21ClN4O2S/c28-24-14-13-21(35-24)17-29-25-16-23(30-32(25)26(33)20-10-5-2-6-11-20)22-12-7-15-31(27(22)34)18-19-8-3-1-4-9-19/h1-16,29H,17-18H2. The van der Waals surface area contributed by atoms with Crippen LogP contribution in [0.25, 0.3) is 11.3 Å². The number of thiophene rings is 1. The molecule has 0 radical (unpaired) electrons. The molecule has 6 nitrogen and oxygen atoms in total. The first-order valence-electron chi connectivity index (χ1n) is 11.0. The van der Waals surface area contributed by atoms with Crippen LogP contribution >= 0.6 is 22.9 Å². The fourth-order valence-electron chi connectivity index (χ4n) is 3.76. The molecule has 0 fully saturated rings. The molecular weight excluding hydrogens is 480 g/mol. The van der Waals surface area contributed by atoms with Crippen LogP contribution in [0.2, 0.25) is 4.34 Å². The van der Waals surface area contributed by atoms with Gasteiger partial charge < -0.3 is 9.88 Å². The first kappa shape index (κ1) is 22.8. The Kier molecular flexibility index (Phi) is 6.61. The Labute approximate surface area is 211 Å². The zero-order chi connectivity index (χ0) is 24.2. The predicted octanol–water partition coefficient (Wildman–Crippen LogP) is 5.78. The molecule has 2 aromatic carbocycles. The maximum atomic E-state index is 13.3. The minimum atomic E-state index is -0.288. The summed E-state index contributed by atoms with van der Waals surface area (Å²) in [5, 5.41) is 7.83. The van der Waals surface area contributed by atoms with Crippen LogP contribution in [0.1, 0.15) is 20.8 Å². The van der Waals surface area contributed by atoms with Crippen molar-refractivity contribution < 1.29 is 4.79 Å². The second-order valence-corrected chi connectivity index (χ2v) is 9.70. The molecule has 5 aromatic rings. The molecule has 0 aliphatic rings. The van der Waals surface area contributed by atoms with Gasteiger partial charge in [0.15, 0.2) is 0 Å². The van der Waals surface area contributed by atoms with Gasteiger partial charge in [0.05, 0.1) is 23.0 Å². The first-order chi connectivity index (χ1) is 17.1. The molecule has 1 N–H and O–H groups in total. The van der Waals surface area contributed by atoms with Crippen molar-refractivity contribution in [2.45, 2.75) is 13.1 Å². The Morgan fingerprint density at radius 1 is 0.943 bits per heavy atom. The van der Waals surface area contributed by atoms with Crippen LogP contribution in [-0.4, -0.2) is 20.3 Å². The Balaban J connectivity index is 1.52. The van der Waals surface area contributed by atoms with E-state index in [1.165, 1.54) is 16.0 Å². The lowest BCUT2D eigenvalue weighted by atomic mass is 10.2. The molecule has 0 aliphatic carbocycles. The van der Waals surface area contributed by atoms with Crippen LogP contribution in [0.15, 0.2) is 102 Å². The molecule has 0 bridgehead atoms. The van der Waals surface area contributed by atoms with E-state index >= 15 is 0 Å². The molecule has 0 atom stereocenters. The first-order valence-corrected chi connectivity index (χ1v) is 12.2. The summed E-state index contributed by atoms with van der Waals surface area (Å²) in [6.45, 7) is 0.916. The lowest BCUT2D eigenvalue weighted by Gasteiger charge is -2.08. The molecule has 0 unspecified atom stereocenters. The van der Waals surface area contributed by atoms with Gasteiger partial charge in [-0.25, -0.2) is 0 Å².